The van der Waals surface area contributed by atoms with E-state index in [2.05, 4.69) is 26.6 Å². The van der Waals surface area contributed by atoms with E-state index in [1.54, 1.807) is 19.2 Å². The molecule has 0 spiro atoms. The summed E-state index contributed by atoms with van der Waals surface area (Å²) in [6.07, 6.45) is 1.01. The summed E-state index contributed by atoms with van der Waals surface area (Å²) in [5, 5.41) is 22.7. The normalized spacial score (nSPS) is 13.0. The zero-order chi connectivity index (χ0) is 30.4. The van der Waals surface area contributed by atoms with Crippen molar-refractivity contribution in [3.8, 4) is 5.75 Å². The molecule has 0 saturated heterocycles. The Morgan fingerprint density at radius 1 is 0.707 bits per heavy atom. The molecular weight excluding hydrogens is 526 g/mol. The molecule has 11 nitrogen and oxygen atoms in total. The lowest BCUT2D eigenvalue weighted by molar-refractivity contribution is -0.131. The van der Waals surface area contributed by atoms with Gasteiger partial charge < -0.3 is 31.7 Å². The van der Waals surface area contributed by atoms with Crippen molar-refractivity contribution in [3.63, 3.8) is 0 Å². The van der Waals surface area contributed by atoms with Crippen LogP contribution in [-0.4, -0.2) is 72.8 Å². The van der Waals surface area contributed by atoms with E-state index < -0.39 is 48.3 Å². The van der Waals surface area contributed by atoms with Gasteiger partial charge in [0.2, 0.25) is 23.6 Å². The van der Waals surface area contributed by atoms with Crippen molar-refractivity contribution in [2.45, 2.75) is 58.2 Å². The molecule has 0 radical (unpaired) electrons. The van der Waals surface area contributed by atoms with Crippen LogP contribution >= 0.6 is 0 Å². The molecule has 0 aliphatic carbocycles. The Morgan fingerprint density at radius 2 is 1.29 bits per heavy atom. The monoisotopic (exact) mass is 567 g/mol. The molecule has 222 valence electrons. The zero-order valence-corrected chi connectivity index (χ0v) is 24.0. The zero-order valence-electron chi connectivity index (χ0n) is 24.0. The van der Waals surface area contributed by atoms with Gasteiger partial charge in [0.15, 0.2) is 5.78 Å². The van der Waals surface area contributed by atoms with E-state index >= 15 is 0 Å². The number of hydrogen-bond donors (Lipinski definition) is 6. The topological polar surface area (TPSA) is 166 Å². The number of nitrogens with one attached hydrogen (secondary N) is 5. The van der Waals surface area contributed by atoms with E-state index in [0.717, 1.165) is 11.1 Å². The van der Waals surface area contributed by atoms with Crippen molar-refractivity contribution in [1.82, 2.24) is 26.6 Å². The highest BCUT2D eigenvalue weighted by atomic mass is 16.3. The first-order chi connectivity index (χ1) is 19.5. The van der Waals surface area contributed by atoms with E-state index in [9.17, 15) is 29.1 Å². The van der Waals surface area contributed by atoms with Gasteiger partial charge in [0.25, 0.3) is 0 Å². The van der Waals surface area contributed by atoms with Crippen LogP contribution in [0.25, 0.3) is 0 Å². The molecule has 41 heavy (non-hydrogen) atoms. The summed E-state index contributed by atoms with van der Waals surface area (Å²) in [6.45, 7) is 4.57. The van der Waals surface area contributed by atoms with E-state index in [1.807, 2.05) is 44.2 Å². The highest BCUT2D eigenvalue weighted by molar-refractivity contribution is 5.94. The van der Waals surface area contributed by atoms with Crippen LogP contribution in [0.5, 0.6) is 5.75 Å². The number of amides is 4. The Morgan fingerprint density at radius 3 is 1.88 bits per heavy atom. The number of hydrogen-bond acceptors (Lipinski definition) is 7. The van der Waals surface area contributed by atoms with Crippen LogP contribution < -0.4 is 26.6 Å². The average Bonchev–Trinajstić information content (AvgIpc) is 2.94. The summed E-state index contributed by atoms with van der Waals surface area (Å²) in [4.78, 5) is 62.7. The van der Waals surface area contributed by atoms with Gasteiger partial charge in [0, 0.05) is 6.42 Å². The number of likely N-dealkylation sites (N-methyl/N-ethyl adjacent to an activating group) is 1. The summed E-state index contributed by atoms with van der Waals surface area (Å²) in [6, 6.07) is 13.3. The van der Waals surface area contributed by atoms with Gasteiger partial charge in [-0.2, -0.15) is 0 Å². The maximum Gasteiger partial charge on any atom is 0.243 e. The largest absolute Gasteiger partial charge is 0.508 e. The van der Waals surface area contributed by atoms with Crippen molar-refractivity contribution < 1.29 is 29.1 Å². The van der Waals surface area contributed by atoms with Crippen molar-refractivity contribution in [3.05, 3.63) is 65.7 Å². The minimum atomic E-state index is -0.966. The third kappa shape index (κ3) is 12.2. The number of rotatable bonds is 16. The second kappa shape index (κ2) is 16.8. The fraction of sp³-hybridized carbons (Fsp3) is 0.433. The number of carbonyl (C=O) groups is 5. The lowest BCUT2D eigenvalue weighted by atomic mass is 9.99. The predicted octanol–water partition coefficient (Wildman–Crippen LogP) is 0.603. The smallest absolute Gasteiger partial charge is 0.243 e. The number of phenolic OH excluding ortho intramolecular Hbond substituents is 1. The summed E-state index contributed by atoms with van der Waals surface area (Å²) in [5.74, 6) is -1.93. The highest BCUT2D eigenvalue weighted by Crippen LogP contribution is 2.11. The molecule has 0 bridgehead atoms. The molecule has 6 N–H and O–H groups in total. The second-order valence-corrected chi connectivity index (χ2v) is 10.3. The first-order valence-electron chi connectivity index (χ1n) is 13.6. The molecule has 0 saturated carbocycles. The molecule has 2 aromatic carbocycles. The van der Waals surface area contributed by atoms with Crippen molar-refractivity contribution in [2.24, 2.45) is 5.92 Å². The SMILES string of the molecule is CNC(Cc1ccc(O)cc1)C(=O)NCC(=O)NCC(=O)NC(Cc1ccccc1)C(=O)NC(CC(C)C)C(C)=O. The van der Waals surface area contributed by atoms with E-state index in [0.29, 0.717) is 12.8 Å². The highest BCUT2D eigenvalue weighted by Gasteiger charge is 2.26. The van der Waals surface area contributed by atoms with Crippen LogP contribution in [0, 0.1) is 5.92 Å². The number of carbonyl (C=O) groups excluding carboxylic acids is 5. The van der Waals surface area contributed by atoms with Gasteiger partial charge in [-0.15, -0.1) is 0 Å². The quantitative estimate of drug-likeness (QED) is 0.173. The Kier molecular flexibility index (Phi) is 13.5. The van der Waals surface area contributed by atoms with Crippen LogP contribution in [0.3, 0.4) is 0 Å². The molecule has 0 fully saturated rings. The van der Waals surface area contributed by atoms with E-state index in [4.69, 9.17) is 0 Å². The van der Waals surface area contributed by atoms with Crippen molar-refractivity contribution in [2.75, 3.05) is 20.1 Å². The molecule has 2 rings (SSSR count). The molecule has 2 aromatic rings. The lowest BCUT2D eigenvalue weighted by Crippen LogP contribution is -2.54. The van der Waals surface area contributed by atoms with Crippen LogP contribution in [-0.2, 0) is 36.8 Å². The molecule has 11 heteroatoms. The fourth-order valence-corrected chi connectivity index (χ4v) is 4.10. The Bertz CT molecular complexity index is 1170. The number of benzene rings is 2. The van der Waals surface area contributed by atoms with Gasteiger partial charge in [0.1, 0.15) is 11.8 Å². The number of Topliss-reactive ketones (excluding diaryl/α,β-unsaturated/α-hetero) is 1. The van der Waals surface area contributed by atoms with E-state index in [-0.39, 0.29) is 30.4 Å². The first-order valence-corrected chi connectivity index (χ1v) is 13.6. The molecule has 0 aliphatic heterocycles. The molecule has 0 aromatic heterocycles. The summed E-state index contributed by atoms with van der Waals surface area (Å²) >= 11 is 0. The van der Waals surface area contributed by atoms with Gasteiger partial charge in [0.05, 0.1) is 25.2 Å². The number of phenols is 1. The van der Waals surface area contributed by atoms with Crippen LogP contribution in [0.15, 0.2) is 54.6 Å². The molecular formula is C30H41N5O6. The molecule has 3 atom stereocenters. The summed E-state index contributed by atoms with van der Waals surface area (Å²) in [7, 11) is 1.62. The molecule has 3 unspecified atom stereocenters. The maximum atomic E-state index is 13.1. The Balaban J connectivity index is 1.91. The minimum absolute atomic E-state index is 0.123. The average molecular weight is 568 g/mol. The number of aromatic hydroxyl groups is 1. The standard InChI is InChI=1S/C30H41N5O6/c1-19(2)14-24(20(3)36)35-30(41)26(16-21-8-6-5-7-9-21)34-28(39)18-32-27(38)17-33-29(40)25(31-4)15-22-10-12-23(37)13-11-22/h5-13,19,24-26,31,37H,14-18H2,1-4H3,(H,32,38)(H,33,40)(H,34,39)(H,35,41). The maximum absolute atomic E-state index is 13.1. The van der Waals surface area contributed by atoms with Gasteiger partial charge in [-0.05, 0) is 56.0 Å². The van der Waals surface area contributed by atoms with Crippen molar-refractivity contribution in [1.29, 1.82) is 0 Å². The molecule has 0 aliphatic rings. The van der Waals surface area contributed by atoms with Crippen LogP contribution in [0.4, 0.5) is 0 Å². The van der Waals surface area contributed by atoms with Crippen LogP contribution in [0.1, 0.15) is 38.3 Å². The fourth-order valence-electron chi connectivity index (χ4n) is 4.10. The summed E-state index contributed by atoms with van der Waals surface area (Å²) in [5.41, 5.74) is 1.64. The first kappa shape index (κ1) is 33.0. The number of ketones is 1. The van der Waals surface area contributed by atoms with Crippen LogP contribution in [0.2, 0.25) is 0 Å². The van der Waals surface area contributed by atoms with Gasteiger partial charge in [-0.1, -0.05) is 56.3 Å². The third-order valence-electron chi connectivity index (χ3n) is 6.36. The predicted molar refractivity (Wildman–Crippen MR) is 155 cm³/mol. The Labute approximate surface area is 240 Å². The molecule has 0 heterocycles. The van der Waals surface area contributed by atoms with Gasteiger partial charge >= 0.3 is 0 Å². The Hall–Kier alpha value is -4.25. The van der Waals surface area contributed by atoms with Crippen molar-refractivity contribution >= 4 is 29.4 Å². The third-order valence-corrected chi connectivity index (χ3v) is 6.36. The minimum Gasteiger partial charge on any atom is -0.508 e. The summed E-state index contributed by atoms with van der Waals surface area (Å²) < 4.78 is 0. The lowest BCUT2D eigenvalue weighted by Gasteiger charge is -2.23. The van der Waals surface area contributed by atoms with E-state index in [1.165, 1.54) is 19.1 Å². The molecule has 4 amide bonds. The van der Waals surface area contributed by atoms with Gasteiger partial charge in [-0.3, -0.25) is 24.0 Å². The van der Waals surface area contributed by atoms with Gasteiger partial charge in [-0.25, -0.2) is 0 Å². The second-order valence-electron chi connectivity index (χ2n) is 10.3.